The van der Waals surface area contributed by atoms with E-state index < -0.39 is 22.6 Å². The van der Waals surface area contributed by atoms with Crippen LogP contribution in [0.3, 0.4) is 0 Å². The zero-order valence-corrected chi connectivity index (χ0v) is 18.2. The molecule has 0 saturated carbocycles. The number of nitrogens with zero attached hydrogens (tertiary/aromatic N) is 4. The summed E-state index contributed by atoms with van der Waals surface area (Å²) in [5, 5.41) is 29.6. The summed E-state index contributed by atoms with van der Waals surface area (Å²) in [5.41, 5.74) is -0.444. The second-order valence-electron chi connectivity index (χ2n) is 7.95. The molecule has 1 atom stereocenters. The van der Waals surface area contributed by atoms with Crippen molar-refractivity contribution in [2.75, 3.05) is 0 Å². The van der Waals surface area contributed by atoms with Crippen molar-refractivity contribution in [3.8, 4) is 23.4 Å². The Labute approximate surface area is 201 Å². The third kappa shape index (κ3) is 3.74. The predicted molar refractivity (Wildman–Crippen MR) is 120 cm³/mol. The largest absolute Gasteiger partial charge is 0.438 e. The topological polar surface area (TPSA) is 118 Å². The number of nitriles is 1. The fourth-order valence-electron chi connectivity index (χ4n) is 4.27. The minimum absolute atomic E-state index is 0.0418. The van der Waals surface area contributed by atoms with Gasteiger partial charge in [0, 0.05) is 23.6 Å². The smallest absolute Gasteiger partial charge is 0.418 e. The number of nitro groups is 1. The number of halogens is 3. The Bertz CT molecular complexity index is 1640. The number of nitrogens with one attached hydrogen (secondary N) is 1. The Morgan fingerprint density at radius 1 is 1.11 bits per heavy atom. The van der Waals surface area contributed by atoms with E-state index in [0.29, 0.717) is 16.7 Å². The highest BCUT2D eigenvalue weighted by molar-refractivity contribution is 5.59. The second kappa shape index (κ2) is 8.35. The first kappa shape index (κ1) is 22.8. The molecule has 1 N–H and O–H groups in total. The van der Waals surface area contributed by atoms with Crippen molar-refractivity contribution in [2.45, 2.75) is 12.1 Å². The van der Waals surface area contributed by atoms with Gasteiger partial charge in [0.1, 0.15) is 17.6 Å². The summed E-state index contributed by atoms with van der Waals surface area (Å²) in [4.78, 5) is 15.1. The molecule has 2 heterocycles. The van der Waals surface area contributed by atoms with E-state index in [4.69, 9.17) is 10.1 Å². The van der Waals surface area contributed by atoms with E-state index in [1.165, 1.54) is 48.5 Å². The van der Waals surface area contributed by atoms with Crippen molar-refractivity contribution in [2.24, 2.45) is 0 Å². The Morgan fingerprint density at radius 3 is 2.61 bits per heavy atom. The highest BCUT2D eigenvalue weighted by atomic mass is 19.4. The van der Waals surface area contributed by atoms with Gasteiger partial charge in [-0.25, -0.2) is 4.98 Å². The van der Waals surface area contributed by atoms with Gasteiger partial charge in [-0.15, -0.1) is 0 Å². The number of ether oxygens (including phenoxy) is 1. The third-order valence-corrected chi connectivity index (χ3v) is 5.85. The van der Waals surface area contributed by atoms with E-state index >= 15 is 0 Å². The number of aromatic nitrogens is 2. The SMILES string of the molecule is N#Cc1ccc2c(c1)Oc1ncn(-c3ccccc3C(F)(F)F)c(=N)c1C2c1cccc([N+](=O)[O-])c1. The van der Waals surface area contributed by atoms with Gasteiger partial charge in [0.15, 0.2) is 0 Å². The lowest BCUT2D eigenvalue weighted by molar-refractivity contribution is -0.384. The predicted octanol–water partition coefficient (Wildman–Crippen LogP) is 5.44. The second-order valence-corrected chi connectivity index (χ2v) is 7.95. The molecule has 0 fully saturated rings. The number of hydrogen-bond donors (Lipinski definition) is 1. The van der Waals surface area contributed by atoms with Crippen LogP contribution >= 0.6 is 0 Å². The lowest BCUT2D eigenvalue weighted by atomic mass is 9.83. The molecule has 1 aliphatic rings. The number of non-ortho nitro benzene ring substituents is 1. The summed E-state index contributed by atoms with van der Waals surface area (Å²) in [6.45, 7) is 0. The summed E-state index contributed by atoms with van der Waals surface area (Å²) in [7, 11) is 0. The summed E-state index contributed by atoms with van der Waals surface area (Å²) >= 11 is 0. The van der Waals surface area contributed by atoms with Crippen LogP contribution in [-0.2, 0) is 6.18 Å². The van der Waals surface area contributed by atoms with Crippen molar-refractivity contribution >= 4 is 5.69 Å². The van der Waals surface area contributed by atoms with E-state index in [2.05, 4.69) is 4.98 Å². The van der Waals surface area contributed by atoms with Gasteiger partial charge in [0.25, 0.3) is 5.69 Å². The summed E-state index contributed by atoms with van der Waals surface area (Å²) in [5.74, 6) is -0.611. The molecule has 0 radical (unpaired) electrons. The number of alkyl halides is 3. The van der Waals surface area contributed by atoms with Crippen LogP contribution in [0.1, 0.15) is 33.7 Å². The zero-order chi connectivity index (χ0) is 25.6. The number of hydrogen-bond acceptors (Lipinski definition) is 6. The van der Waals surface area contributed by atoms with Gasteiger partial charge in [0.05, 0.1) is 33.4 Å². The standard InChI is InChI=1S/C25H14F3N5O3/c26-25(27,28)18-6-1-2-7-19(18)32-13-31-24-22(23(32)30)21(15-4-3-5-16(11-15)33(34)35)17-9-8-14(12-29)10-20(17)36-24/h1-11,13,21,30H. The fourth-order valence-corrected chi connectivity index (χ4v) is 4.27. The average molecular weight is 489 g/mol. The Hall–Kier alpha value is -4.98. The first-order valence-electron chi connectivity index (χ1n) is 10.5. The Balaban J connectivity index is 1.80. The number of nitro benzene ring substituents is 1. The number of para-hydroxylation sites is 1. The highest BCUT2D eigenvalue weighted by Crippen LogP contribution is 2.46. The third-order valence-electron chi connectivity index (χ3n) is 5.85. The van der Waals surface area contributed by atoms with Crippen molar-refractivity contribution in [3.63, 3.8) is 0 Å². The van der Waals surface area contributed by atoms with Crippen molar-refractivity contribution in [1.82, 2.24) is 9.55 Å². The van der Waals surface area contributed by atoms with Crippen molar-refractivity contribution in [3.05, 3.63) is 116 Å². The molecule has 4 aromatic rings. The lowest BCUT2D eigenvalue weighted by Crippen LogP contribution is -2.30. The van der Waals surface area contributed by atoms with Crippen LogP contribution < -0.4 is 10.2 Å². The van der Waals surface area contributed by atoms with Gasteiger partial charge in [-0.2, -0.15) is 18.4 Å². The monoisotopic (exact) mass is 489 g/mol. The van der Waals surface area contributed by atoms with E-state index in [1.54, 1.807) is 12.1 Å². The Kier molecular flexibility index (Phi) is 5.29. The van der Waals surface area contributed by atoms with Crippen LogP contribution in [0.4, 0.5) is 18.9 Å². The van der Waals surface area contributed by atoms with Crippen LogP contribution in [0, 0.1) is 26.9 Å². The summed E-state index contributed by atoms with van der Waals surface area (Å²) < 4.78 is 48.0. The first-order valence-corrected chi connectivity index (χ1v) is 10.5. The van der Waals surface area contributed by atoms with Crippen LogP contribution in [0.25, 0.3) is 5.69 Å². The lowest BCUT2D eigenvalue weighted by Gasteiger charge is -2.29. The van der Waals surface area contributed by atoms with Crippen LogP contribution in [0.2, 0.25) is 0 Å². The molecule has 1 unspecified atom stereocenters. The molecular weight excluding hydrogens is 475 g/mol. The summed E-state index contributed by atoms with van der Waals surface area (Å²) in [6.07, 6.45) is -3.61. The zero-order valence-electron chi connectivity index (χ0n) is 18.2. The van der Waals surface area contributed by atoms with Crippen molar-refractivity contribution in [1.29, 1.82) is 10.7 Å². The highest BCUT2D eigenvalue weighted by Gasteiger charge is 2.36. The van der Waals surface area contributed by atoms with Crippen molar-refractivity contribution < 1.29 is 22.8 Å². The normalized spacial score (nSPS) is 14.2. The molecule has 0 aliphatic carbocycles. The molecule has 0 bridgehead atoms. The maximum Gasteiger partial charge on any atom is 0.418 e. The molecule has 178 valence electrons. The van der Waals surface area contributed by atoms with Crippen LogP contribution in [-0.4, -0.2) is 14.5 Å². The van der Waals surface area contributed by atoms with Crippen LogP contribution in [0.5, 0.6) is 11.6 Å². The van der Waals surface area contributed by atoms with E-state index in [1.807, 2.05) is 6.07 Å². The molecule has 1 aliphatic heterocycles. The molecule has 0 spiro atoms. The quantitative estimate of drug-likeness (QED) is 0.268. The van der Waals surface area contributed by atoms with Gasteiger partial charge < -0.3 is 4.74 Å². The minimum Gasteiger partial charge on any atom is -0.438 e. The molecular formula is C25H14F3N5O3. The number of rotatable bonds is 3. The molecule has 3 aromatic carbocycles. The molecule has 36 heavy (non-hydrogen) atoms. The maximum atomic E-state index is 13.7. The minimum atomic E-state index is -4.68. The van der Waals surface area contributed by atoms with E-state index in [9.17, 15) is 28.5 Å². The summed E-state index contributed by atoms with van der Waals surface area (Å²) in [6, 6.07) is 17.2. The fraction of sp³-hybridized carbons (Fsp3) is 0.0800. The van der Waals surface area contributed by atoms with Gasteiger partial charge >= 0.3 is 6.18 Å². The molecule has 0 amide bonds. The van der Waals surface area contributed by atoms with E-state index in [-0.39, 0.29) is 34.1 Å². The molecule has 5 rings (SSSR count). The average Bonchev–Trinajstić information content (AvgIpc) is 2.87. The van der Waals surface area contributed by atoms with Gasteiger partial charge in [-0.05, 0) is 29.8 Å². The number of benzene rings is 3. The van der Waals surface area contributed by atoms with Crippen LogP contribution in [0.15, 0.2) is 73.1 Å². The van der Waals surface area contributed by atoms with E-state index in [0.717, 1.165) is 17.0 Å². The first-order chi connectivity index (χ1) is 17.2. The molecule has 1 aromatic heterocycles. The van der Waals surface area contributed by atoms with Gasteiger partial charge in [-0.3, -0.25) is 20.1 Å². The molecule has 11 heteroatoms. The molecule has 8 nitrogen and oxygen atoms in total. The van der Waals surface area contributed by atoms with Gasteiger partial charge in [-0.1, -0.05) is 30.3 Å². The maximum absolute atomic E-state index is 13.7. The number of fused-ring (bicyclic) bond motifs is 2. The Morgan fingerprint density at radius 2 is 1.89 bits per heavy atom. The van der Waals surface area contributed by atoms with Gasteiger partial charge in [0.2, 0.25) is 5.88 Å². The molecule has 0 saturated heterocycles.